The van der Waals surface area contributed by atoms with Crippen molar-refractivity contribution in [2.45, 2.75) is 43.8 Å². The highest BCUT2D eigenvalue weighted by atomic mass is 19.4. The average Bonchev–Trinajstić information content (AvgIpc) is 3.55. The van der Waals surface area contributed by atoms with Crippen LogP contribution >= 0.6 is 0 Å². The van der Waals surface area contributed by atoms with Gasteiger partial charge < -0.3 is 19.7 Å². The molecular weight excluding hydrogens is 489 g/mol. The lowest BCUT2D eigenvalue weighted by atomic mass is 9.96. The van der Waals surface area contributed by atoms with Crippen LogP contribution in [0.4, 0.5) is 13.2 Å². The number of hydrogen-bond donors (Lipinski definition) is 1. The Morgan fingerprint density at radius 1 is 1.22 bits per heavy atom. The fraction of sp³-hybridized carbons (Fsp3) is 0.500. The van der Waals surface area contributed by atoms with Gasteiger partial charge in [-0.25, -0.2) is 0 Å². The number of benzene rings is 1. The number of pyridine rings is 1. The van der Waals surface area contributed by atoms with Gasteiger partial charge in [-0.3, -0.25) is 19.5 Å². The topological polar surface area (TPSA) is 84.0 Å². The third-order valence-electron chi connectivity index (χ3n) is 7.17. The quantitative estimate of drug-likeness (QED) is 0.606. The first-order valence-corrected chi connectivity index (χ1v) is 12.4. The van der Waals surface area contributed by atoms with E-state index >= 15 is 0 Å². The Labute approximate surface area is 212 Å². The molecule has 37 heavy (non-hydrogen) atoms. The third-order valence-corrected chi connectivity index (χ3v) is 7.17. The molecule has 2 fully saturated rings. The van der Waals surface area contributed by atoms with E-state index in [1.165, 1.54) is 11.0 Å². The number of nitrogens with zero attached hydrogens (tertiary/aromatic N) is 3. The van der Waals surface area contributed by atoms with Gasteiger partial charge >= 0.3 is 6.18 Å². The maximum atomic E-state index is 13.2. The van der Waals surface area contributed by atoms with Crippen molar-refractivity contribution in [3.05, 3.63) is 65.0 Å². The molecule has 0 bridgehead atoms. The standard InChI is InChI=1S/C26H29F3N4O4/c27-26(28,29)18-5-4-17-6-9-32(25(35)21(17)11-18)14-24(34)31-22-12-33(20-7-10-36-16-20)13-23(22)37-15-19-3-1-2-8-30-19/h1-5,8,11,20,22-23H,6-7,9-10,12-16H2,(H,31,34)/t20?,22?,23-/m0/s1. The first-order valence-electron chi connectivity index (χ1n) is 12.4. The van der Waals surface area contributed by atoms with Crippen LogP contribution in [0.5, 0.6) is 0 Å². The molecule has 5 rings (SSSR count). The zero-order valence-corrected chi connectivity index (χ0v) is 20.2. The summed E-state index contributed by atoms with van der Waals surface area (Å²) in [5.41, 5.74) is 0.466. The number of carbonyl (C=O) groups is 2. The fourth-order valence-electron chi connectivity index (χ4n) is 5.17. The van der Waals surface area contributed by atoms with Crippen LogP contribution in [0.15, 0.2) is 42.6 Å². The molecule has 0 aliphatic carbocycles. The molecule has 3 aliphatic heterocycles. The van der Waals surface area contributed by atoms with E-state index in [9.17, 15) is 22.8 Å². The minimum atomic E-state index is -4.54. The molecule has 0 saturated carbocycles. The number of likely N-dealkylation sites (tertiary alicyclic amines) is 1. The first-order chi connectivity index (χ1) is 17.8. The number of aromatic nitrogens is 1. The molecule has 1 aromatic heterocycles. The molecule has 3 aliphatic rings. The number of ether oxygens (including phenoxy) is 2. The maximum absolute atomic E-state index is 13.2. The minimum absolute atomic E-state index is 0.00118. The van der Waals surface area contributed by atoms with E-state index in [0.29, 0.717) is 44.9 Å². The number of fused-ring (bicyclic) bond motifs is 1. The van der Waals surface area contributed by atoms with E-state index in [0.717, 1.165) is 24.2 Å². The lowest BCUT2D eigenvalue weighted by Gasteiger charge is -2.29. The molecular formula is C26H29F3N4O4. The smallest absolute Gasteiger partial charge is 0.380 e. The second kappa shape index (κ2) is 10.8. The highest BCUT2D eigenvalue weighted by Crippen LogP contribution is 2.32. The molecule has 4 heterocycles. The Morgan fingerprint density at radius 2 is 2.08 bits per heavy atom. The molecule has 1 N–H and O–H groups in total. The normalized spacial score (nSPS) is 24.4. The van der Waals surface area contributed by atoms with Gasteiger partial charge in [-0.05, 0) is 42.7 Å². The summed E-state index contributed by atoms with van der Waals surface area (Å²) < 4.78 is 51.1. The summed E-state index contributed by atoms with van der Waals surface area (Å²) in [5.74, 6) is -0.939. The van der Waals surface area contributed by atoms with Crippen molar-refractivity contribution in [1.82, 2.24) is 20.1 Å². The van der Waals surface area contributed by atoms with Crippen LogP contribution in [-0.4, -0.2) is 84.2 Å². The van der Waals surface area contributed by atoms with Crippen LogP contribution in [0.3, 0.4) is 0 Å². The second-order valence-electron chi connectivity index (χ2n) is 9.66. The summed E-state index contributed by atoms with van der Waals surface area (Å²) in [7, 11) is 0. The van der Waals surface area contributed by atoms with Crippen LogP contribution in [0.1, 0.15) is 33.6 Å². The number of halogens is 3. The largest absolute Gasteiger partial charge is 0.416 e. The fourth-order valence-corrected chi connectivity index (χ4v) is 5.17. The van der Waals surface area contributed by atoms with Gasteiger partial charge in [0.15, 0.2) is 0 Å². The SMILES string of the molecule is O=C(CN1CCc2ccc(C(F)(F)F)cc2C1=O)NC1CN(C2CCOC2)C[C@@H]1OCc1ccccn1. The molecule has 2 saturated heterocycles. The summed E-state index contributed by atoms with van der Waals surface area (Å²) in [6.07, 6.45) is -1.83. The van der Waals surface area contributed by atoms with Gasteiger partial charge in [-0.1, -0.05) is 12.1 Å². The number of alkyl halides is 3. The summed E-state index contributed by atoms with van der Waals surface area (Å²) in [5, 5.41) is 3.01. The van der Waals surface area contributed by atoms with E-state index < -0.39 is 17.6 Å². The molecule has 11 heteroatoms. The second-order valence-corrected chi connectivity index (χ2v) is 9.66. The van der Waals surface area contributed by atoms with Crippen molar-refractivity contribution in [3.8, 4) is 0 Å². The van der Waals surface area contributed by atoms with Crippen LogP contribution < -0.4 is 5.32 Å². The molecule has 3 atom stereocenters. The predicted octanol–water partition coefficient (Wildman–Crippen LogP) is 2.27. The summed E-state index contributed by atoms with van der Waals surface area (Å²) in [6, 6.07) is 8.74. The molecule has 0 spiro atoms. The van der Waals surface area contributed by atoms with Crippen molar-refractivity contribution in [1.29, 1.82) is 0 Å². The molecule has 0 radical (unpaired) electrons. The minimum Gasteiger partial charge on any atom is -0.380 e. The van der Waals surface area contributed by atoms with Crippen molar-refractivity contribution < 1.29 is 32.2 Å². The molecule has 2 unspecified atom stereocenters. The number of hydrogen-bond acceptors (Lipinski definition) is 6. The monoisotopic (exact) mass is 518 g/mol. The molecule has 1 aromatic carbocycles. The molecule has 2 aromatic rings. The number of rotatable bonds is 7. The van der Waals surface area contributed by atoms with Crippen LogP contribution in [-0.2, 0) is 33.5 Å². The van der Waals surface area contributed by atoms with Gasteiger partial charge in [0.2, 0.25) is 5.91 Å². The first kappa shape index (κ1) is 25.6. The Kier molecular flexibility index (Phi) is 7.45. The van der Waals surface area contributed by atoms with Gasteiger partial charge in [0, 0.05) is 44.0 Å². The van der Waals surface area contributed by atoms with E-state index in [1.807, 2.05) is 18.2 Å². The van der Waals surface area contributed by atoms with Gasteiger partial charge in [-0.2, -0.15) is 13.2 Å². The van der Waals surface area contributed by atoms with Gasteiger partial charge in [0.05, 0.1) is 43.2 Å². The van der Waals surface area contributed by atoms with Gasteiger partial charge in [0.25, 0.3) is 5.91 Å². The van der Waals surface area contributed by atoms with Crippen molar-refractivity contribution in [2.24, 2.45) is 0 Å². The lowest BCUT2D eigenvalue weighted by molar-refractivity contribution is -0.137. The van der Waals surface area contributed by atoms with E-state index in [4.69, 9.17) is 9.47 Å². The zero-order chi connectivity index (χ0) is 26.0. The van der Waals surface area contributed by atoms with E-state index in [2.05, 4.69) is 15.2 Å². The summed E-state index contributed by atoms with van der Waals surface area (Å²) >= 11 is 0. The number of nitrogens with one attached hydrogen (secondary N) is 1. The van der Waals surface area contributed by atoms with Gasteiger partial charge in [-0.15, -0.1) is 0 Å². The lowest BCUT2D eigenvalue weighted by Crippen LogP contribution is -2.50. The Bertz CT molecular complexity index is 1120. The Morgan fingerprint density at radius 3 is 2.81 bits per heavy atom. The molecule has 8 nitrogen and oxygen atoms in total. The maximum Gasteiger partial charge on any atom is 0.416 e. The van der Waals surface area contributed by atoms with Crippen LogP contribution in [0.2, 0.25) is 0 Å². The Hall–Kier alpha value is -3.02. The molecule has 198 valence electrons. The van der Waals surface area contributed by atoms with Crippen LogP contribution in [0.25, 0.3) is 0 Å². The summed E-state index contributed by atoms with van der Waals surface area (Å²) in [6.45, 7) is 2.88. The highest BCUT2D eigenvalue weighted by molar-refractivity contribution is 5.99. The molecule has 2 amide bonds. The average molecular weight is 519 g/mol. The zero-order valence-electron chi connectivity index (χ0n) is 20.2. The van der Waals surface area contributed by atoms with Crippen molar-refractivity contribution >= 4 is 11.8 Å². The number of carbonyl (C=O) groups excluding carboxylic acids is 2. The summed E-state index contributed by atoms with van der Waals surface area (Å²) in [4.78, 5) is 33.8. The van der Waals surface area contributed by atoms with Crippen molar-refractivity contribution in [2.75, 3.05) is 39.4 Å². The van der Waals surface area contributed by atoms with Crippen molar-refractivity contribution in [3.63, 3.8) is 0 Å². The third kappa shape index (κ3) is 5.94. The predicted molar refractivity (Wildman–Crippen MR) is 127 cm³/mol. The van der Waals surface area contributed by atoms with Crippen LogP contribution in [0, 0.1) is 0 Å². The van der Waals surface area contributed by atoms with E-state index in [-0.39, 0.29) is 42.7 Å². The number of amides is 2. The van der Waals surface area contributed by atoms with E-state index in [1.54, 1.807) is 6.20 Å². The highest BCUT2D eigenvalue weighted by Gasteiger charge is 2.39. The van der Waals surface area contributed by atoms with Gasteiger partial charge in [0.1, 0.15) is 0 Å². The Balaban J connectivity index is 1.23.